The molecule has 5 aromatic rings. The third kappa shape index (κ3) is 5.36. The lowest BCUT2D eigenvalue weighted by Gasteiger charge is -2.36. The van der Waals surface area contributed by atoms with E-state index in [1.54, 1.807) is 6.33 Å². The summed E-state index contributed by atoms with van der Waals surface area (Å²) in [6.45, 7) is 5.49. The van der Waals surface area contributed by atoms with Crippen molar-refractivity contribution in [2.45, 2.75) is 89.8 Å². The van der Waals surface area contributed by atoms with Gasteiger partial charge in [-0.15, -0.1) is 0 Å². The van der Waals surface area contributed by atoms with Crippen LogP contribution in [0.2, 0.25) is 0 Å². The summed E-state index contributed by atoms with van der Waals surface area (Å²) in [5.41, 5.74) is 6.43. The summed E-state index contributed by atoms with van der Waals surface area (Å²) in [6, 6.07) is 10.9. The number of nitrogens with zero attached hydrogens (tertiary/aromatic N) is 6. The maximum Gasteiger partial charge on any atom is 0.309 e. The van der Waals surface area contributed by atoms with Crippen LogP contribution in [0.25, 0.3) is 33.2 Å². The van der Waals surface area contributed by atoms with Crippen LogP contribution in [-0.2, 0) is 39.3 Å². The number of nitrogens with one attached hydrogen (secondary N) is 1. The largest absolute Gasteiger partial charge is 0.464 e. The Hall–Kier alpha value is -4.49. The Morgan fingerprint density at radius 2 is 2.09 bits per heavy atom. The van der Waals surface area contributed by atoms with Crippen molar-refractivity contribution >= 4 is 27.9 Å². The molecule has 2 aliphatic rings. The van der Waals surface area contributed by atoms with Gasteiger partial charge in [-0.3, -0.25) is 9.48 Å². The number of hydrogen-bond acceptors (Lipinski definition) is 7. The van der Waals surface area contributed by atoms with Crippen molar-refractivity contribution in [3.05, 3.63) is 66.0 Å². The minimum absolute atomic E-state index is 0.0835. The van der Waals surface area contributed by atoms with Crippen LogP contribution < -0.4 is 0 Å². The first-order valence-corrected chi connectivity index (χ1v) is 16.7. The summed E-state index contributed by atoms with van der Waals surface area (Å²) in [5, 5.41) is 16.3. The van der Waals surface area contributed by atoms with Crippen molar-refractivity contribution < 1.29 is 14.3 Å². The smallest absolute Gasteiger partial charge is 0.309 e. The zero-order valence-electron chi connectivity index (χ0n) is 26.7. The number of esters is 1. The summed E-state index contributed by atoms with van der Waals surface area (Å²) < 4.78 is 16.1. The number of para-hydroxylation sites is 1. The zero-order valence-corrected chi connectivity index (χ0v) is 26.7. The molecule has 1 N–H and O–H groups in total. The highest BCUT2D eigenvalue weighted by Gasteiger charge is 2.41. The number of H-pyrrole nitrogens is 1. The zero-order chi connectivity index (χ0) is 31.7. The van der Waals surface area contributed by atoms with Crippen LogP contribution in [0.15, 0.2) is 49.2 Å². The van der Waals surface area contributed by atoms with Gasteiger partial charge in [0, 0.05) is 34.2 Å². The van der Waals surface area contributed by atoms with Gasteiger partial charge in [0.15, 0.2) is 0 Å². The van der Waals surface area contributed by atoms with Crippen LogP contribution in [0.1, 0.15) is 81.7 Å². The normalized spacial score (nSPS) is 19.0. The molecule has 1 saturated carbocycles. The Morgan fingerprint density at radius 1 is 1.22 bits per heavy atom. The van der Waals surface area contributed by atoms with E-state index in [9.17, 15) is 10.1 Å². The summed E-state index contributed by atoms with van der Waals surface area (Å²) in [5.74, 6) is 0.203. The van der Waals surface area contributed by atoms with Gasteiger partial charge in [0.05, 0.1) is 55.7 Å². The molecule has 1 aliphatic carbocycles. The molecule has 4 aromatic heterocycles. The molecule has 10 nitrogen and oxygen atoms in total. The van der Waals surface area contributed by atoms with Crippen LogP contribution in [-0.4, -0.2) is 48.5 Å². The average molecular weight is 620 g/mol. The van der Waals surface area contributed by atoms with E-state index in [0.717, 1.165) is 59.2 Å². The molecule has 0 bridgehead atoms. The van der Waals surface area contributed by atoms with E-state index in [-0.39, 0.29) is 25.0 Å². The minimum atomic E-state index is -0.731. The first-order valence-electron chi connectivity index (χ1n) is 16.7. The highest BCUT2D eigenvalue weighted by atomic mass is 16.5. The highest BCUT2D eigenvalue weighted by Crippen LogP contribution is 2.42. The number of rotatable bonds is 11. The number of hydrogen-bond donors (Lipinski definition) is 1. The fraction of sp³-hybridized carbons (Fsp3) is 0.472. The van der Waals surface area contributed by atoms with Crippen molar-refractivity contribution in [1.82, 2.24) is 29.3 Å². The van der Waals surface area contributed by atoms with E-state index in [2.05, 4.69) is 58.2 Å². The van der Waals surface area contributed by atoms with Crippen molar-refractivity contribution in [3.63, 3.8) is 0 Å². The van der Waals surface area contributed by atoms with Gasteiger partial charge in [0.25, 0.3) is 0 Å². The third-order valence-corrected chi connectivity index (χ3v) is 10.2. The maximum absolute atomic E-state index is 13.3. The maximum atomic E-state index is 13.3. The standard InChI is InChI=1S/C36H41N7O3/c1-3-24-10-7-11-27-28-14-18-46-36(4-2,34(28)41-33(24)27)20-31(44)45-19-17-42-16-13-29-32(38-23-39-35(29)42)26-21-40-43(22-26)30(12-15-37)25-8-5-6-9-25/h7,10-11,13,16,21-23,25,30,41H,3-6,8-9,12,14,17-20H2,1-2H3/t30-,36?/m1/s1. The van der Waals surface area contributed by atoms with E-state index in [1.165, 1.54) is 29.4 Å². The Bertz CT molecular complexity index is 1910. The third-order valence-electron chi connectivity index (χ3n) is 10.2. The molecule has 0 amide bonds. The van der Waals surface area contributed by atoms with Crippen LogP contribution in [0.5, 0.6) is 0 Å². The van der Waals surface area contributed by atoms with Crippen molar-refractivity contribution in [2.24, 2.45) is 5.92 Å². The second kappa shape index (κ2) is 12.7. The summed E-state index contributed by atoms with van der Waals surface area (Å²) in [6.07, 6.45) is 15.1. The number of aromatic amines is 1. The van der Waals surface area contributed by atoms with Crippen LogP contribution in [0.3, 0.4) is 0 Å². The minimum Gasteiger partial charge on any atom is -0.464 e. The van der Waals surface area contributed by atoms with Gasteiger partial charge in [-0.2, -0.15) is 10.4 Å². The van der Waals surface area contributed by atoms with Crippen molar-refractivity contribution in [2.75, 3.05) is 13.2 Å². The Kier molecular flexibility index (Phi) is 8.34. The Balaban J connectivity index is 1.04. The van der Waals surface area contributed by atoms with Gasteiger partial charge >= 0.3 is 5.97 Å². The molecular weight excluding hydrogens is 578 g/mol. The lowest BCUT2D eigenvalue weighted by atomic mass is 9.86. The Morgan fingerprint density at radius 3 is 2.89 bits per heavy atom. The number of nitriles is 1. The number of ether oxygens (including phenoxy) is 2. The van der Waals surface area contributed by atoms with E-state index in [1.807, 2.05) is 33.9 Å². The summed E-state index contributed by atoms with van der Waals surface area (Å²) in [7, 11) is 0. The molecule has 46 heavy (non-hydrogen) atoms. The van der Waals surface area contributed by atoms with Crippen molar-refractivity contribution in [3.8, 4) is 17.3 Å². The van der Waals surface area contributed by atoms with E-state index >= 15 is 0 Å². The Labute approximate surface area is 268 Å². The predicted octanol–water partition coefficient (Wildman–Crippen LogP) is 6.79. The molecule has 0 saturated heterocycles. The summed E-state index contributed by atoms with van der Waals surface area (Å²) >= 11 is 0. The van der Waals surface area contributed by atoms with Gasteiger partial charge in [0.2, 0.25) is 0 Å². The SMILES string of the molecule is CCc1cccc2c3c([nH]c12)C(CC)(CC(=O)OCCn1ccc2c(-c4cnn([C@H](CC#N)C5CCCC5)c4)ncnc21)OCC3. The number of fused-ring (bicyclic) bond motifs is 4. The lowest BCUT2D eigenvalue weighted by molar-refractivity contribution is -0.155. The van der Waals surface area contributed by atoms with Crippen LogP contribution >= 0.6 is 0 Å². The number of carbonyl (C=O) groups excluding carboxylic acids is 1. The van der Waals surface area contributed by atoms with Gasteiger partial charge < -0.3 is 19.0 Å². The van der Waals surface area contributed by atoms with Crippen molar-refractivity contribution in [1.29, 1.82) is 5.26 Å². The topological polar surface area (TPSA) is 124 Å². The second-order valence-electron chi connectivity index (χ2n) is 12.7. The van der Waals surface area contributed by atoms with Gasteiger partial charge in [0.1, 0.15) is 24.2 Å². The second-order valence-corrected chi connectivity index (χ2v) is 12.7. The van der Waals surface area contributed by atoms with E-state index < -0.39 is 5.60 Å². The van der Waals surface area contributed by atoms with E-state index in [4.69, 9.17) is 9.47 Å². The fourth-order valence-electron chi connectivity index (χ4n) is 7.75. The molecule has 7 rings (SSSR count). The highest BCUT2D eigenvalue weighted by molar-refractivity contribution is 5.91. The molecule has 2 atom stereocenters. The molecule has 1 fully saturated rings. The molecule has 10 heteroatoms. The fourth-order valence-corrected chi connectivity index (χ4v) is 7.75. The van der Waals surface area contributed by atoms with Gasteiger partial charge in [-0.1, -0.05) is 44.9 Å². The quantitative estimate of drug-likeness (QED) is 0.161. The van der Waals surface area contributed by atoms with Gasteiger partial charge in [-0.05, 0) is 55.2 Å². The lowest BCUT2D eigenvalue weighted by Crippen LogP contribution is -2.38. The number of benzene rings is 1. The predicted molar refractivity (Wildman–Crippen MR) is 175 cm³/mol. The first kappa shape index (κ1) is 30.2. The molecular formula is C36H41N7O3. The number of aryl methyl sites for hydroxylation is 1. The number of aromatic nitrogens is 6. The van der Waals surface area contributed by atoms with Crippen LogP contribution in [0.4, 0.5) is 0 Å². The van der Waals surface area contributed by atoms with Gasteiger partial charge in [-0.25, -0.2) is 9.97 Å². The van der Waals surface area contributed by atoms with E-state index in [0.29, 0.717) is 31.9 Å². The molecule has 1 aliphatic heterocycles. The first-order chi connectivity index (χ1) is 22.5. The molecule has 1 unspecified atom stereocenters. The monoisotopic (exact) mass is 619 g/mol. The molecule has 238 valence electrons. The molecule has 1 aromatic carbocycles. The molecule has 5 heterocycles. The average Bonchev–Trinajstić information content (AvgIpc) is 3.90. The molecule has 0 spiro atoms. The van der Waals surface area contributed by atoms with Crippen LogP contribution in [0, 0.1) is 17.2 Å². The molecule has 0 radical (unpaired) electrons. The number of carbonyl (C=O) groups is 1. The summed E-state index contributed by atoms with van der Waals surface area (Å²) in [4.78, 5) is 26.1.